The second-order valence-electron chi connectivity index (χ2n) is 7.20. The van der Waals surface area contributed by atoms with Crippen LogP contribution < -0.4 is 14.8 Å². The Morgan fingerprint density at radius 2 is 1.89 bits per heavy atom. The second-order valence-corrected chi connectivity index (χ2v) is 8.43. The van der Waals surface area contributed by atoms with Gasteiger partial charge in [0.1, 0.15) is 24.3 Å². The first-order chi connectivity index (χ1) is 13.0. The van der Waals surface area contributed by atoms with Crippen molar-refractivity contribution in [2.45, 2.75) is 44.9 Å². The van der Waals surface area contributed by atoms with Gasteiger partial charge >= 0.3 is 0 Å². The van der Waals surface area contributed by atoms with E-state index in [2.05, 4.69) is 11.4 Å². The molecule has 0 spiro atoms. The number of nitrogens with one attached hydrogen (secondary N) is 1. The summed E-state index contributed by atoms with van der Waals surface area (Å²) in [4.78, 5) is 14.5. The van der Waals surface area contributed by atoms with Gasteiger partial charge in [0.2, 0.25) is 5.91 Å². The average Bonchev–Trinajstić information content (AvgIpc) is 3.28. The Labute approximate surface area is 162 Å². The van der Waals surface area contributed by atoms with E-state index in [4.69, 9.17) is 9.47 Å². The topological polar surface area (TPSA) is 71.3 Å². The molecule has 1 aromatic carbocycles. The zero-order chi connectivity index (χ0) is 19.0. The number of rotatable bonds is 3. The van der Waals surface area contributed by atoms with E-state index < -0.39 is 5.41 Å². The fourth-order valence-corrected chi connectivity index (χ4v) is 5.04. The van der Waals surface area contributed by atoms with Crippen molar-refractivity contribution in [3.8, 4) is 17.6 Å². The zero-order valence-electron chi connectivity index (χ0n) is 15.6. The highest BCUT2D eigenvalue weighted by molar-refractivity contribution is 7.16. The number of aryl methyl sites for hydroxylation is 1. The summed E-state index contributed by atoms with van der Waals surface area (Å²) in [5.41, 5.74) is 1.89. The van der Waals surface area contributed by atoms with Crippen LogP contribution in [0.5, 0.6) is 11.5 Å². The Hall–Kier alpha value is -2.52. The summed E-state index contributed by atoms with van der Waals surface area (Å²) in [5.74, 6) is 1.41. The number of hydrogen-bond donors (Lipinski definition) is 1. The maximum absolute atomic E-state index is 13.4. The SMILES string of the molecule is Cc1sc(NC(=O)C2(c3ccc4c(c3)OCCO4)CCCC2)c(C#N)c1C. The van der Waals surface area contributed by atoms with Gasteiger partial charge in [0.25, 0.3) is 0 Å². The van der Waals surface area contributed by atoms with E-state index in [1.165, 1.54) is 11.3 Å². The number of thiophene rings is 1. The van der Waals surface area contributed by atoms with Crippen molar-refractivity contribution < 1.29 is 14.3 Å². The van der Waals surface area contributed by atoms with Crippen LogP contribution in [0.15, 0.2) is 18.2 Å². The van der Waals surface area contributed by atoms with E-state index in [9.17, 15) is 10.1 Å². The van der Waals surface area contributed by atoms with Crippen LogP contribution >= 0.6 is 11.3 Å². The number of carbonyl (C=O) groups is 1. The largest absolute Gasteiger partial charge is 0.486 e. The lowest BCUT2D eigenvalue weighted by molar-refractivity contribution is -0.121. The van der Waals surface area contributed by atoms with Gasteiger partial charge in [-0.3, -0.25) is 4.79 Å². The van der Waals surface area contributed by atoms with Crippen LogP contribution in [-0.2, 0) is 10.2 Å². The van der Waals surface area contributed by atoms with Gasteiger partial charge in [0.05, 0.1) is 11.0 Å². The minimum absolute atomic E-state index is 0.0329. The molecule has 1 aliphatic carbocycles. The molecule has 27 heavy (non-hydrogen) atoms. The Kier molecular flexibility index (Phi) is 4.56. The molecule has 1 amide bonds. The summed E-state index contributed by atoms with van der Waals surface area (Å²) in [6.45, 7) is 4.97. The number of nitrogens with zero attached hydrogens (tertiary/aromatic N) is 1. The van der Waals surface area contributed by atoms with Crippen LogP contribution in [0.3, 0.4) is 0 Å². The van der Waals surface area contributed by atoms with Crippen molar-refractivity contribution in [2.75, 3.05) is 18.5 Å². The van der Waals surface area contributed by atoms with Gasteiger partial charge in [-0.25, -0.2) is 0 Å². The predicted molar refractivity (Wildman–Crippen MR) is 105 cm³/mol. The van der Waals surface area contributed by atoms with Crippen molar-refractivity contribution >= 4 is 22.2 Å². The monoisotopic (exact) mass is 382 g/mol. The summed E-state index contributed by atoms with van der Waals surface area (Å²) in [7, 11) is 0. The highest BCUT2D eigenvalue weighted by atomic mass is 32.1. The zero-order valence-corrected chi connectivity index (χ0v) is 16.4. The Bertz CT molecular complexity index is 936. The summed E-state index contributed by atoms with van der Waals surface area (Å²) >= 11 is 1.47. The van der Waals surface area contributed by atoms with Crippen LogP contribution in [0.1, 0.15) is 47.3 Å². The quantitative estimate of drug-likeness (QED) is 0.851. The smallest absolute Gasteiger partial charge is 0.235 e. The Morgan fingerprint density at radius 1 is 1.19 bits per heavy atom. The minimum atomic E-state index is -0.589. The van der Waals surface area contributed by atoms with E-state index >= 15 is 0 Å². The fraction of sp³-hybridized carbons (Fsp3) is 0.429. The lowest BCUT2D eigenvalue weighted by Crippen LogP contribution is -2.38. The second kappa shape index (κ2) is 6.90. The number of ether oxygens (including phenoxy) is 2. The van der Waals surface area contributed by atoms with Crippen molar-refractivity contribution in [1.82, 2.24) is 0 Å². The summed E-state index contributed by atoms with van der Waals surface area (Å²) in [6.07, 6.45) is 3.61. The van der Waals surface area contributed by atoms with Gasteiger partial charge in [-0.15, -0.1) is 11.3 Å². The third-order valence-corrected chi connectivity index (χ3v) is 6.83. The molecule has 2 heterocycles. The van der Waals surface area contributed by atoms with Crippen LogP contribution in [0.4, 0.5) is 5.00 Å². The molecule has 0 radical (unpaired) electrons. The third kappa shape index (κ3) is 2.96. The van der Waals surface area contributed by atoms with Gasteiger partial charge in [0.15, 0.2) is 11.5 Å². The molecule has 6 heteroatoms. The van der Waals surface area contributed by atoms with Crippen molar-refractivity contribution in [2.24, 2.45) is 0 Å². The van der Waals surface area contributed by atoms with E-state index in [1.807, 2.05) is 32.0 Å². The highest BCUT2D eigenvalue weighted by Gasteiger charge is 2.43. The standard InChI is InChI=1S/C21H22N2O3S/c1-13-14(2)27-19(16(13)12-22)23-20(24)21(7-3-4-8-21)15-5-6-17-18(11-15)26-10-9-25-17/h5-6,11H,3-4,7-10H2,1-2H3,(H,23,24). The van der Waals surface area contributed by atoms with E-state index in [-0.39, 0.29) is 5.91 Å². The molecule has 2 aliphatic rings. The van der Waals surface area contributed by atoms with Crippen LogP contribution in [0.2, 0.25) is 0 Å². The Balaban J connectivity index is 1.69. The number of hydrogen-bond acceptors (Lipinski definition) is 5. The summed E-state index contributed by atoms with van der Waals surface area (Å²) in [5, 5.41) is 13.2. The van der Waals surface area contributed by atoms with Crippen molar-refractivity contribution in [1.29, 1.82) is 5.26 Å². The number of nitriles is 1. The first-order valence-electron chi connectivity index (χ1n) is 9.27. The fourth-order valence-electron chi connectivity index (χ4n) is 4.04. The molecule has 1 aliphatic heterocycles. The van der Waals surface area contributed by atoms with Crippen LogP contribution in [0, 0.1) is 25.2 Å². The van der Waals surface area contributed by atoms with Gasteiger partial charge in [-0.2, -0.15) is 5.26 Å². The lowest BCUT2D eigenvalue weighted by atomic mass is 9.77. The van der Waals surface area contributed by atoms with Gasteiger partial charge in [-0.1, -0.05) is 18.9 Å². The molecular weight excluding hydrogens is 360 g/mol. The molecule has 140 valence electrons. The van der Waals surface area contributed by atoms with Crippen LogP contribution in [-0.4, -0.2) is 19.1 Å². The highest BCUT2D eigenvalue weighted by Crippen LogP contribution is 2.45. The van der Waals surface area contributed by atoms with Crippen molar-refractivity contribution in [3.05, 3.63) is 39.8 Å². The number of amides is 1. The molecular formula is C21H22N2O3S. The first-order valence-corrected chi connectivity index (χ1v) is 10.1. The Morgan fingerprint density at radius 3 is 2.59 bits per heavy atom. The van der Waals surface area contributed by atoms with Gasteiger partial charge in [0, 0.05) is 4.88 Å². The maximum atomic E-state index is 13.4. The number of fused-ring (bicyclic) bond motifs is 1. The maximum Gasteiger partial charge on any atom is 0.235 e. The van der Waals surface area contributed by atoms with Crippen molar-refractivity contribution in [3.63, 3.8) is 0 Å². The number of benzene rings is 1. The molecule has 1 aromatic heterocycles. The lowest BCUT2D eigenvalue weighted by Gasteiger charge is -2.29. The summed E-state index contributed by atoms with van der Waals surface area (Å²) in [6, 6.07) is 8.07. The molecule has 2 aromatic rings. The number of carbonyl (C=O) groups excluding carboxylic acids is 1. The molecule has 0 bridgehead atoms. The predicted octanol–water partition coefficient (Wildman–Crippen LogP) is 4.46. The van der Waals surface area contributed by atoms with Crippen LogP contribution in [0.25, 0.3) is 0 Å². The number of anilines is 1. The molecule has 1 fully saturated rings. The molecule has 0 saturated heterocycles. The molecule has 0 unspecified atom stereocenters. The molecule has 4 rings (SSSR count). The third-order valence-electron chi connectivity index (χ3n) is 5.71. The molecule has 0 atom stereocenters. The molecule has 5 nitrogen and oxygen atoms in total. The van der Waals surface area contributed by atoms with Gasteiger partial charge < -0.3 is 14.8 Å². The van der Waals surface area contributed by atoms with Gasteiger partial charge in [-0.05, 0) is 49.9 Å². The van der Waals surface area contributed by atoms with E-state index in [0.29, 0.717) is 29.5 Å². The van der Waals surface area contributed by atoms with E-state index in [1.54, 1.807) is 0 Å². The first kappa shape index (κ1) is 17.9. The molecule has 1 N–H and O–H groups in total. The minimum Gasteiger partial charge on any atom is -0.486 e. The molecule has 1 saturated carbocycles. The summed E-state index contributed by atoms with van der Waals surface area (Å²) < 4.78 is 11.3. The normalized spacial score (nSPS) is 17.4. The average molecular weight is 382 g/mol. The van der Waals surface area contributed by atoms with E-state index in [0.717, 1.165) is 47.4 Å².